The van der Waals surface area contributed by atoms with Gasteiger partial charge in [0, 0.05) is 5.39 Å². The lowest BCUT2D eigenvalue weighted by molar-refractivity contribution is 0.563. The lowest BCUT2D eigenvalue weighted by Gasteiger charge is -2.05. The number of unbranched alkanes of at least 4 members (excludes halogenated alkanes) is 2. The average Bonchev–Trinajstić information content (AvgIpc) is 2.55. The van der Waals surface area contributed by atoms with E-state index >= 15 is 0 Å². The van der Waals surface area contributed by atoms with Crippen LogP contribution in [0.1, 0.15) is 31.7 Å². The number of hydrogen-bond acceptors (Lipinski definition) is 2. The van der Waals surface area contributed by atoms with E-state index in [0.717, 1.165) is 17.4 Å². The molecule has 112 valence electrons. The Morgan fingerprint density at radius 1 is 0.955 bits per heavy atom. The van der Waals surface area contributed by atoms with Crippen LogP contribution in [0, 0.1) is 0 Å². The minimum Gasteiger partial charge on any atom is -0.422 e. The summed E-state index contributed by atoms with van der Waals surface area (Å²) in [4.78, 5) is 12.2. The summed E-state index contributed by atoms with van der Waals surface area (Å²) in [5.41, 5.74) is 3.21. The summed E-state index contributed by atoms with van der Waals surface area (Å²) in [5, 5.41) is 0.948. The van der Waals surface area contributed by atoms with Crippen molar-refractivity contribution in [1.29, 1.82) is 0 Å². The number of hydrogen-bond donors (Lipinski definition) is 0. The Labute approximate surface area is 130 Å². The van der Waals surface area contributed by atoms with Crippen LogP contribution in [0.3, 0.4) is 0 Å². The third-order valence-electron chi connectivity index (χ3n) is 3.98. The highest BCUT2D eigenvalue weighted by atomic mass is 16.4. The van der Waals surface area contributed by atoms with Gasteiger partial charge in [-0.05, 0) is 36.1 Å². The lowest BCUT2D eigenvalue weighted by atomic mass is 10.0. The van der Waals surface area contributed by atoms with Gasteiger partial charge in [0.15, 0.2) is 0 Å². The Balaban J connectivity index is 1.90. The molecular formula is C20H20O2. The maximum Gasteiger partial charge on any atom is 0.344 e. The molecule has 0 aliphatic carbocycles. The first kappa shape index (κ1) is 14.6. The maximum atomic E-state index is 12.2. The van der Waals surface area contributed by atoms with Crippen molar-refractivity contribution in [1.82, 2.24) is 0 Å². The second-order valence-corrected chi connectivity index (χ2v) is 5.64. The summed E-state index contributed by atoms with van der Waals surface area (Å²) in [5.74, 6) is 0. The monoisotopic (exact) mass is 292 g/mol. The minimum absolute atomic E-state index is 0.280. The van der Waals surface area contributed by atoms with E-state index in [0.29, 0.717) is 11.1 Å². The van der Waals surface area contributed by atoms with Crippen LogP contribution < -0.4 is 5.63 Å². The average molecular weight is 292 g/mol. The van der Waals surface area contributed by atoms with Gasteiger partial charge in [0.25, 0.3) is 0 Å². The van der Waals surface area contributed by atoms with Crippen molar-refractivity contribution < 1.29 is 4.42 Å². The summed E-state index contributed by atoms with van der Waals surface area (Å²) >= 11 is 0. The van der Waals surface area contributed by atoms with Gasteiger partial charge in [0.1, 0.15) is 5.58 Å². The molecule has 0 saturated heterocycles. The van der Waals surface area contributed by atoms with Gasteiger partial charge in [-0.3, -0.25) is 0 Å². The van der Waals surface area contributed by atoms with Crippen LogP contribution in [0.5, 0.6) is 0 Å². The molecule has 0 unspecified atom stereocenters. The van der Waals surface area contributed by atoms with Crippen LogP contribution in [0.4, 0.5) is 0 Å². The van der Waals surface area contributed by atoms with E-state index < -0.39 is 0 Å². The highest BCUT2D eigenvalue weighted by Crippen LogP contribution is 2.21. The number of fused-ring (bicyclic) bond motifs is 1. The summed E-state index contributed by atoms with van der Waals surface area (Å²) in [7, 11) is 0. The molecule has 2 aromatic carbocycles. The standard InChI is InChI=1S/C20H20O2/c1-2-3-4-7-15-10-12-16(13-11-15)18-14-17-8-5-6-9-19(17)22-20(18)21/h5-6,8-14H,2-4,7H2,1H3. The Bertz CT molecular complexity index is 813. The molecule has 0 aliphatic rings. The number of rotatable bonds is 5. The van der Waals surface area contributed by atoms with Crippen LogP contribution in [-0.4, -0.2) is 0 Å². The molecule has 0 spiro atoms. The van der Waals surface area contributed by atoms with E-state index in [2.05, 4.69) is 19.1 Å². The second kappa shape index (κ2) is 6.61. The van der Waals surface area contributed by atoms with Crippen LogP contribution >= 0.6 is 0 Å². The lowest BCUT2D eigenvalue weighted by Crippen LogP contribution is -2.02. The molecule has 0 atom stereocenters. The topological polar surface area (TPSA) is 30.2 Å². The van der Waals surface area contributed by atoms with Gasteiger partial charge in [-0.15, -0.1) is 0 Å². The summed E-state index contributed by atoms with van der Waals surface area (Å²) in [6, 6.07) is 17.8. The highest BCUT2D eigenvalue weighted by Gasteiger charge is 2.07. The summed E-state index contributed by atoms with van der Waals surface area (Å²) in [6.07, 6.45) is 4.81. The van der Waals surface area contributed by atoms with Gasteiger partial charge in [0.2, 0.25) is 0 Å². The maximum absolute atomic E-state index is 12.2. The zero-order valence-corrected chi connectivity index (χ0v) is 12.8. The van der Waals surface area contributed by atoms with Crippen LogP contribution in [0.15, 0.2) is 63.8 Å². The molecule has 2 heteroatoms. The van der Waals surface area contributed by atoms with E-state index in [1.807, 2.05) is 42.5 Å². The molecule has 3 aromatic rings. The fourth-order valence-electron chi connectivity index (χ4n) is 2.69. The van der Waals surface area contributed by atoms with Crippen molar-refractivity contribution in [3.8, 4) is 11.1 Å². The largest absolute Gasteiger partial charge is 0.422 e. The molecule has 0 saturated carbocycles. The van der Waals surface area contributed by atoms with Gasteiger partial charge in [-0.25, -0.2) is 4.79 Å². The minimum atomic E-state index is -0.280. The fourth-order valence-corrected chi connectivity index (χ4v) is 2.69. The number of para-hydroxylation sites is 1. The van der Waals surface area contributed by atoms with Crippen molar-refractivity contribution in [3.05, 3.63) is 70.6 Å². The third kappa shape index (κ3) is 3.11. The van der Waals surface area contributed by atoms with Gasteiger partial charge in [0.05, 0.1) is 5.56 Å². The van der Waals surface area contributed by atoms with Crippen molar-refractivity contribution in [2.75, 3.05) is 0 Å². The van der Waals surface area contributed by atoms with Crippen LogP contribution in [0.25, 0.3) is 22.1 Å². The molecule has 2 nitrogen and oxygen atoms in total. The van der Waals surface area contributed by atoms with Crippen LogP contribution in [-0.2, 0) is 6.42 Å². The van der Waals surface area contributed by atoms with Crippen molar-refractivity contribution in [3.63, 3.8) is 0 Å². The van der Waals surface area contributed by atoms with Gasteiger partial charge >= 0.3 is 5.63 Å². The Morgan fingerprint density at radius 3 is 2.50 bits per heavy atom. The van der Waals surface area contributed by atoms with E-state index in [4.69, 9.17) is 4.42 Å². The number of aryl methyl sites for hydroxylation is 1. The second-order valence-electron chi connectivity index (χ2n) is 5.64. The molecular weight excluding hydrogens is 272 g/mol. The molecule has 3 rings (SSSR count). The van der Waals surface area contributed by atoms with Crippen molar-refractivity contribution in [2.24, 2.45) is 0 Å². The van der Waals surface area contributed by atoms with Gasteiger partial charge in [-0.1, -0.05) is 62.2 Å². The van der Waals surface area contributed by atoms with Gasteiger partial charge < -0.3 is 4.42 Å². The van der Waals surface area contributed by atoms with E-state index in [-0.39, 0.29) is 5.63 Å². The van der Waals surface area contributed by atoms with E-state index in [1.54, 1.807) is 0 Å². The number of benzene rings is 2. The Kier molecular flexibility index (Phi) is 4.38. The molecule has 1 heterocycles. The quantitative estimate of drug-likeness (QED) is 0.478. The van der Waals surface area contributed by atoms with Crippen molar-refractivity contribution in [2.45, 2.75) is 32.6 Å². The Hall–Kier alpha value is -2.35. The SMILES string of the molecule is CCCCCc1ccc(-c2cc3ccccc3oc2=O)cc1. The third-order valence-corrected chi connectivity index (χ3v) is 3.98. The predicted molar refractivity (Wildman–Crippen MR) is 91.1 cm³/mol. The molecule has 1 aromatic heterocycles. The van der Waals surface area contributed by atoms with Crippen LogP contribution in [0.2, 0.25) is 0 Å². The predicted octanol–water partition coefficient (Wildman–Crippen LogP) is 5.19. The molecule has 0 bridgehead atoms. The molecule has 0 radical (unpaired) electrons. The molecule has 0 amide bonds. The first-order valence-electron chi connectivity index (χ1n) is 7.90. The summed E-state index contributed by atoms with van der Waals surface area (Å²) < 4.78 is 5.40. The van der Waals surface area contributed by atoms with Crippen molar-refractivity contribution >= 4 is 11.0 Å². The first-order chi connectivity index (χ1) is 10.8. The molecule has 0 aliphatic heterocycles. The highest BCUT2D eigenvalue weighted by molar-refractivity contribution is 5.81. The fraction of sp³-hybridized carbons (Fsp3) is 0.250. The normalized spacial score (nSPS) is 11.0. The zero-order valence-electron chi connectivity index (χ0n) is 12.8. The van der Waals surface area contributed by atoms with Gasteiger partial charge in [-0.2, -0.15) is 0 Å². The smallest absolute Gasteiger partial charge is 0.344 e. The van der Waals surface area contributed by atoms with E-state index in [9.17, 15) is 4.79 Å². The Morgan fingerprint density at radius 2 is 1.73 bits per heavy atom. The molecule has 22 heavy (non-hydrogen) atoms. The molecule has 0 N–H and O–H groups in total. The zero-order chi connectivity index (χ0) is 15.4. The summed E-state index contributed by atoms with van der Waals surface area (Å²) in [6.45, 7) is 2.21. The van der Waals surface area contributed by atoms with E-state index in [1.165, 1.54) is 24.8 Å². The molecule has 0 fully saturated rings. The first-order valence-corrected chi connectivity index (χ1v) is 7.90.